The number of H-pyrrole nitrogens is 1. The van der Waals surface area contributed by atoms with Gasteiger partial charge in [0.05, 0.1) is 5.56 Å². The van der Waals surface area contributed by atoms with Gasteiger partial charge in [-0.15, -0.1) is 0 Å². The van der Waals surface area contributed by atoms with Crippen LogP contribution in [0.3, 0.4) is 0 Å². The van der Waals surface area contributed by atoms with Crippen molar-refractivity contribution in [2.24, 2.45) is 0 Å². The summed E-state index contributed by atoms with van der Waals surface area (Å²) in [6.07, 6.45) is -4.74. The number of alkyl halides is 3. The summed E-state index contributed by atoms with van der Waals surface area (Å²) < 4.78 is 38.8. The van der Waals surface area contributed by atoms with Crippen molar-refractivity contribution in [3.8, 4) is 0 Å². The standard InChI is InChI=1S/C14H12F3N3O2/c1-18-13(22)10-7-12(21)20-11(19-10)6-8-4-2-3-5-9(8)14(15,16)17/h2-5,7H,6H2,1H3,(H,18,22)(H,19,20,21). The Morgan fingerprint density at radius 2 is 2.00 bits per heavy atom. The Morgan fingerprint density at radius 1 is 1.32 bits per heavy atom. The van der Waals surface area contributed by atoms with Gasteiger partial charge in [-0.25, -0.2) is 4.98 Å². The van der Waals surface area contributed by atoms with Crippen LogP contribution in [-0.4, -0.2) is 22.9 Å². The van der Waals surface area contributed by atoms with E-state index in [4.69, 9.17) is 0 Å². The first-order valence-electron chi connectivity index (χ1n) is 6.28. The van der Waals surface area contributed by atoms with Gasteiger partial charge in [0.2, 0.25) is 0 Å². The van der Waals surface area contributed by atoms with E-state index in [1.54, 1.807) is 0 Å². The van der Waals surface area contributed by atoms with Gasteiger partial charge in [0, 0.05) is 19.5 Å². The summed E-state index contributed by atoms with van der Waals surface area (Å²) >= 11 is 0. The fourth-order valence-electron chi connectivity index (χ4n) is 1.97. The minimum absolute atomic E-state index is 0.0113. The maximum absolute atomic E-state index is 12.9. The number of carbonyl (C=O) groups is 1. The molecule has 2 rings (SSSR count). The Bertz CT molecular complexity index is 753. The summed E-state index contributed by atoms with van der Waals surface area (Å²) in [6.45, 7) is 0. The van der Waals surface area contributed by atoms with Crippen LogP contribution in [0.4, 0.5) is 13.2 Å². The summed E-state index contributed by atoms with van der Waals surface area (Å²) in [6, 6.07) is 5.98. The summed E-state index contributed by atoms with van der Waals surface area (Å²) in [7, 11) is 1.36. The molecule has 0 atom stereocenters. The SMILES string of the molecule is CNC(=O)c1cc(=O)[nH]c(Cc2ccccc2C(F)(F)F)n1. The number of rotatable bonds is 3. The van der Waals surface area contributed by atoms with E-state index in [0.29, 0.717) is 0 Å². The molecule has 0 spiro atoms. The van der Waals surface area contributed by atoms with Crippen LogP contribution < -0.4 is 10.9 Å². The average Bonchev–Trinajstić information content (AvgIpc) is 2.45. The van der Waals surface area contributed by atoms with Crippen LogP contribution in [0.25, 0.3) is 0 Å². The lowest BCUT2D eigenvalue weighted by atomic mass is 10.0. The number of benzene rings is 1. The molecular formula is C14H12F3N3O2. The highest BCUT2D eigenvalue weighted by atomic mass is 19.4. The number of hydrogen-bond donors (Lipinski definition) is 2. The molecule has 1 aromatic heterocycles. The summed E-state index contributed by atoms with van der Waals surface area (Å²) in [5, 5.41) is 2.30. The van der Waals surface area contributed by atoms with Gasteiger partial charge in [-0.2, -0.15) is 13.2 Å². The molecule has 1 amide bonds. The van der Waals surface area contributed by atoms with Crippen molar-refractivity contribution in [1.29, 1.82) is 0 Å². The molecule has 0 bridgehead atoms. The lowest BCUT2D eigenvalue weighted by Crippen LogP contribution is -2.24. The zero-order chi connectivity index (χ0) is 16.3. The minimum Gasteiger partial charge on any atom is -0.354 e. The highest BCUT2D eigenvalue weighted by Gasteiger charge is 2.33. The molecule has 2 N–H and O–H groups in total. The third-order valence-electron chi connectivity index (χ3n) is 2.93. The van der Waals surface area contributed by atoms with Gasteiger partial charge in [0.1, 0.15) is 11.5 Å². The fourth-order valence-corrected chi connectivity index (χ4v) is 1.97. The van der Waals surface area contributed by atoms with E-state index in [1.165, 1.54) is 25.2 Å². The van der Waals surface area contributed by atoms with Gasteiger partial charge in [0.15, 0.2) is 0 Å². The lowest BCUT2D eigenvalue weighted by molar-refractivity contribution is -0.138. The number of aromatic nitrogens is 2. The molecule has 0 radical (unpaired) electrons. The van der Waals surface area contributed by atoms with E-state index < -0.39 is 23.2 Å². The Balaban J connectivity index is 2.42. The van der Waals surface area contributed by atoms with E-state index in [-0.39, 0.29) is 23.5 Å². The Labute approximate surface area is 123 Å². The maximum atomic E-state index is 12.9. The van der Waals surface area contributed by atoms with Crippen LogP contribution in [0.2, 0.25) is 0 Å². The highest BCUT2D eigenvalue weighted by molar-refractivity contribution is 5.91. The van der Waals surface area contributed by atoms with Crippen molar-refractivity contribution in [2.45, 2.75) is 12.6 Å². The molecule has 0 saturated carbocycles. The van der Waals surface area contributed by atoms with E-state index in [0.717, 1.165) is 12.1 Å². The molecular weight excluding hydrogens is 299 g/mol. The molecule has 2 aromatic rings. The molecule has 8 heteroatoms. The molecule has 0 aliphatic carbocycles. The lowest BCUT2D eigenvalue weighted by Gasteiger charge is -2.12. The van der Waals surface area contributed by atoms with E-state index in [1.807, 2.05) is 0 Å². The average molecular weight is 311 g/mol. The number of nitrogens with one attached hydrogen (secondary N) is 2. The van der Waals surface area contributed by atoms with Crippen molar-refractivity contribution >= 4 is 5.91 Å². The first-order chi connectivity index (χ1) is 10.3. The number of aromatic amines is 1. The summed E-state index contributed by atoms with van der Waals surface area (Å²) in [5.41, 5.74) is -1.59. The van der Waals surface area contributed by atoms with Gasteiger partial charge < -0.3 is 10.3 Å². The van der Waals surface area contributed by atoms with Crippen molar-refractivity contribution in [3.63, 3.8) is 0 Å². The smallest absolute Gasteiger partial charge is 0.354 e. The number of hydrogen-bond acceptors (Lipinski definition) is 3. The molecule has 116 valence electrons. The van der Waals surface area contributed by atoms with Crippen LogP contribution >= 0.6 is 0 Å². The third kappa shape index (κ3) is 3.51. The quantitative estimate of drug-likeness (QED) is 0.906. The van der Waals surface area contributed by atoms with Gasteiger partial charge >= 0.3 is 6.18 Å². The zero-order valence-electron chi connectivity index (χ0n) is 11.5. The van der Waals surface area contributed by atoms with Crippen LogP contribution in [-0.2, 0) is 12.6 Å². The van der Waals surface area contributed by atoms with Gasteiger partial charge in [-0.05, 0) is 11.6 Å². The Hall–Kier alpha value is -2.64. The molecule has 5 nitrogen and oxygen atoms in total. The van der Waals surface area contributed by atoms with Crippen molar-refractivity contribution in [2.75, 3.05) is 7.05 Å². The Kier molecular flexibility index (Phi) is 4.30. The van der Waals surface area contributed by atoms with Crippen molar-refractivity contribution < 1.29 is 18.0 Å². The first-order valence-corrected chi connectivity index (χ1v) is 6.28. The number of halogens is 3. The molecule has 0 saturated heterocycles. The van der Waals surface area contributed by atoms with Gasteiger partial charge in [-0.3, -0.25) is 9.59 Å². The molecule has 22 heavy (non-hydrogen) atoms. The second kappa shape index (κ2) is 6.00. The van der Waals surface area contributed by atoms with Crippen molar-refractivity contribution in [3.05, 3.63) is 63.3 Å². The molecule has 0 fully saturated rings. The number of nitrogens with zero attached hydrogens (tertiary/aromatic N) is 1. The molecule has 0 aliphatic rings. The third-order valence-corrected chi connectivity index (χ3v) is 2.93. The predicted molar refractivity (Wildman–Crippen MR) is 72.5 cm³/mol. The van der Waals surface area contributed by atoms with E-state index in [9.17, 15) is 22.8 Å². The molecule has 1 heterocycles. The first kappa shape index (κ1) is 15.7. The van der Waals surface area contributed by atoms with Crippen LogP contribution in [0.1, 0.15) is 27.4 Å². The second-order valence-corrected chi connectivity index (χ2v) is 4.49. The van der Waals surface area contributed by atoms with E-state index >= 15 is 0 Å². The number of amides is 1. The van der Waals surface area contributed by atoms with Gasteiger partial charge in [0.25, 0.3) is 11.5 Å². The van der Waals surface area contributed by atoms with E-state index in [2.05, 4.69) is 15.3 Å². The molecule has 0 unspecified atom stereocenters. The van der Waals surface area contributed by atoms with Crippen LogP contribution in [0.15, 0.2) is 35.1 Å². The van der Waals surface area contributed by atoms with Gasteiger partial charge in [-0.1, -0.05) is 18.2 Å². The fraction of sp³-hybridized carbons (Fsp3) is 0.214. The van der Waals surface area contributed by atoms with Crippen molar-refractivity contribution in [1.82, 2.24) is 15.3 Å². The predicted octanol–water partition coefficient (Wildman–Crippen LogP) is 1.74. The molecule has 0 aliphatic heterocycles. The Morgan fingerprint density at radius 3 is 2.64 bits per heavy atom. The second-order valence-electron chi connectivity index (χ2n) is 4.49. The zero-order valence-corrected chi connectivity index (χ0v) is 11.5. The molecule has 1 aromatic carbocycles. The minimum atomic E-state index is -4.50. The monoisotopic (exact) mass is 311 g/mol. The normalized spacial score (nSPS) is 11.3. The summed E-state index contributed by atoms with van der Waals surface area (Å²) in [4.78, 5) is 29.2. The maximum Gasteiger partial charge on any atom is 0.416 e. The summed E-state index contributed by atoms with van der Waals surface area (Å²) in [5.74, 6) is -0.598. The van der Waals surface area contributed by atoms with Crippen LogP contribution in [0.5, 0.6) is 0 Å². The highest BCUT2D eigenvalue weighted by Crippen LogP contribution is 2.32. The van der Waals surface area contributed by atoms with Crippen LogP contribution in [0, 0.1) is 0 Å². The largest absolute Gasteiger partial charge is 0.416 e. The topological polar surface area (TPSA) is 74.8 Å². The number of carbonyl (C=O) groups excluding carboxylic acids is 1.